The van der Waals surface area contributed by atoms with Gasteiger partial charge in [-0.1, -0.05) is 29.3 Å². The van der Waals surface area contributed by atoms with Crippen LogP contribution >= 0.6 is 23.2 Å². The summed E-state index contributed by atoms with van der Waals surface area (Å²) in [6.45, 7) is -2.87. The van der Waals surface area contributed by atoms with E-state index in [1.54, 1.807) is 18.2 Å². The molecule has 0 fully saturated rings. The molecule has 94 valence electrons. The molecule has 0 amide bonds. The predicted octanol–water partition coefficient (Wildman–Crippen LogP) is 4.66. The summed E-state index contributed by atoms with van der Waals surface area (Å²) < 4.78 is 28.2. The number of pyridine rings is 1. The number of hydrogen-bond donors (Lipinski definition) is 0. The summed E-state index contributed by atoms with van der Waals surface area (Å²) >= 11 is 12.0. The van der Waals surface area contributed by atoms with Crippen molar-refractivity contribution in [3.8, 4) is 17.0 Å². The second-order valence-corrected chi connectivity index (χ2v) is 4.17. The number of nitrogens with zero attached hydrogens (tertiary/aromatic N) is 1. The maximum absolute atomic E-state index is 12.0. The minimum atomic E-state index is -2.87. The lowest BCUT2D eigenvalue weighted by molar-refractivity contribution is -0.0500. The van der Waals surface area contributed by atoms with Crippen LogP contribution in [0.2, 0.25) is 10.0 Å². The van der Waals surface area contributed by atoms with E-state index < -0.39 is 6.61 Å². The van der Waals surface area contributed by atoms with Crippen LogP contribution in [0, 0.1) is 0 Å². The largest absolute Gasteiger partial charge is 0.433 e. The first-order valence-corrected chi connectivity index (χ1v) is 5.69. The number of benzene rings is 1. The van der Waals surface area contributed by atoms with Gasteiger partial charge in [-0.25, -0.2) is 0 Å². The molecule has 0 radical (unpaired) electrons. The van der Waals surface area contributed by atoms with E-state index in [1.165, 1.54) is 18.3 Å². The fraction of sp³-hybridized carbons (Fsp3) is 0.0833. The van der Waals surface area contributed by atoms with Crippen molar-refractivity contribution in [2.24, 2.45) is 0 Å². The number of ether oxygens (including phenoxy) is 1. The minimum Gasteiger partial charge on any atom is -0.433 e. The van der Waals surface area contributed by atoms with Gasteiger partial charge in [0.25, 0.3) is 0 Å². The quantitative estimate of drug-likeness (QED) is 0.820. The third-order valence-electron chi connectivity index (χ3n) is 2.18. The van der Waals surface area contributed by atoms with Crippen LogP contribution in [0.25, 0.3) is 11.3 Å². The Morgan fingerprint density at radius 2 is 1.72 bits per heavy atom. The molecule has 6 heteroatoms. The summed E-state index contributed by atoms with van der Waals surface area (Å²) in [5, 5.41) is 0.884. The second-order valence-electron chi connectivity index (χ2n) is 3.35. The molecular weight excluding hydrogens is 283 g/mol. The fourth-order valence-corrected chi connectivity index (χ4v) is 2.03. The molecule has 2 nitrogen and oxygen atoms in total. The number of alkyl halides is 2. The van der Waals surface area contributed by atoms with Crippen LogP contribution in [0.1, 0.15) is 0 Å². The zero-order valence-corrected chi connectivity index (χ0v) is 10.4. The average Bonchev–Trinajstić information content (AvgIpc) is 2.30. The zero-order valence-electron chi connectivity index (χ0n) is 8.91. The van der Waals surface area contributed by atoms with Gasteiger partial charge in [0, 0.05) is 5.56 Å². The van der Waals surface area contributed by atoms with Crippen LogP contribution in [0.4, 0.5) is 8.78 Å². The second kappa shape index (κ2) is 5.50. The number of aromatic nitrogens is 1. The van der Waals surface area contributed by atoms with E-state index in [2.05, 4.69) is 9.72 Å². The number of hydrogen-bond acceptors (Lipinski definition) is 2. The smallest absolute Gasteiger partial charge is 0.387 e. The molecule has 18 heavy (non-hydrogen) atoms. The van der Waals surface area contributed by atoms with Gasteiger partial charge in [0.1, 0.15) is 5.75 Å². The molecule has 0 saturated carbocycles. The molecule has 0 aliphatic carbocycles. The highest BCUT2D eigenvalue weighted by atomic mass is 35.5. The van der Waals surface area contributed by atoms with E-state index in [0.717, 1.165) is 0 Å². The van der Waals surface area contributed by atoms with Crippen LogP contribution in [-0.4, -0.2) is 11.6 Å². The van der Waals surface area contributed by atoms with Gasteiger partial charge in [-0.05, 0) is 24.3 Å². The molecule has 0 aliphatic rings. The van der Waals surface area contributed by atoms with Gasteiger partial charge >= 0.3 is 6.61 Å². The fourth-order valence-electron chi connectivity index (χ4n) is 1.44. The molecule has 2 aromatic rings. The van der Waals surface area contributed by atoms with Crippen molar-refractivity contribution in [1.29, 1.82) is 0 Å². The summed E-state index contributed by atoms with van der Waals surface area (Å²) in [6, 6.07) is 7.96. The maximum atomic E-state index is 12.0. The topological polar surface area (TPSA) is 22.1 Å². The zero-order chi connectivity index (χ0) is 13.1. The van der Waals surface area contributed by atoms with E-state index in [9.17, 15) is 8.78 Å². The normalized spacial score (nSPS) is 10.7. The third kappa shape index (κ3) is 2.89. The summed E-state index contributed by atoms with van der Waals surface area (Å²) in [4.78, 5) is 4.00. The molecule has 0 bridgehead atoms. The molecule has 0 N–H and O–H groups in total. The standard InChI is InChI=1S/C12H7Cl2F2NO/c13-8-2-1-3-9(14)11(8)10-5-4-7(6-17-10)18-12(15)16/h1-6,12H. The Bertz CT molecular complexity index is 526. The van der Waals surface area contributed by atoms with Gasteiger partial charge < -0.3 is 4.74 Å². The van der Waals surface area contributed by atoms with Crippen LogP contribution in [0.15, 0.2) is 36.5 Å². The molecule has 1 aromatic heterocycles. The highest BCUT2D eigenvalue weighted by Gasteiger charge is 2.10. The Hall–Kier alpha value is -1.39. The number of halogens is 4. The van der Waals surface area contributed by atoms with Gasteiger partial charge in [-0.2, -0.15) is 8.78 Å². The van der Waals surface area contributed by atoms with Crippen LogP contribution in [0.5, 0.6) is 5.75 Å². The monoisotopic (exact) mass is 289 g/mol. The van der Waals surface area contributed by atoms with Crippen molar-refractivity contribution < 1.29 is 13.5 Å². The Morgan fingerprint density at radius 3 is 2.22 bits per heavy atom. The summed E-state index contributed by atoms with van der Waals surface area (Å²) in [6.07, 6.45) is 1.20. The maximum Gasteiger partial charge on any atom is 0.387 e. The highest BCUT2D eigenvalue weighted by Crippen LogP contribution is 2.33. The van der Waals surface area contributed by atoms with E-state index in [-0.39, 0.29) is 5.75 Å². The van der Waals surface area contributed by atoms with Gasteiger partial charge in [0.2, 0.25) is 0 Å². The third-order valence-corrected chi connectivity index (χ3v) is 2.81. The Labute approximate surface area is 112 Å². The first-order chi connectivity index (χ1) is 8.58. The molecule has 0 atom stereocenters. The lowest BCUT2D eigenvalue weighted by atomic mass is 10.1. The molecular formula is C12H7Cl2F2NO. The first-order valence-electron chi connectivity index (χ1n) is 4.93. The van der Waals surface area contributed by atoms with Gasteiger partial charge in [-0.3, -0.25) is 4.98 Å². The molecule has 0 saturated heterocycles. The molecule has 1 aromatic carbocycles. The van der Waals surface area contributed by atoms with Crippen LogP contribution in [0.3, 0.4) is 0 Å². The van der Waals surface area contributed by atoms with E-state index >= 15 is 0 Å². The predicted molar refractivity (Wildman–Crippen MR) is 66.3 cm³/mol. The van der Waals surface area contributed by atoms with Gasteiger partial charge in [0.05, 0.1) is 21.9 Å². The van der Waals surface area contributed by atoms with Crippen molar-refractivity contribution in [3.63, 3.8) is 0 Å². The van der Waals surface area contributed by atoms with Crippen molar-refractivity contribution >= 4 is 23.2 Å². The van der Waals surface area contributed by atoms with Crippen LogP contribution in [-0.2, 0) is 0 Å². The minimum absolute atomic E-state index is 0.0167. The number of rotatable bonds is 3. The Kier molecular flexibility index (Phi) is 3.99. The van der Waals surface area contributed by atoms with Crippen molar-refractivity contribution in [2.45, 2.75) is 6.61 Å². The van der Waals surface area contributed by atoms with Gasteiger partial charge in [0.15, 0.2) is 0 Å². The van der Waals surface area contributed by atoms with Gasteiger partial charge in [-0.15, -0.1) is 0 Å². The molecule has 0 spiro atoms. The summed E-state index contributed by atoms with van der Waals surface area (Å²) in [5.74, 6) is -0.0167. The summed E-state index contributed by atoms with van der Waals surface area (Å²) in [5.41, 5.74) is 1.05. The average molecular weight is 290 g/mol. The molecule has 0 aliphatic heterocycles. The van der Waals surface area contributed by atoms with Crippen molar-refractivity contribution in [2.75, 3.05) is 0 Å². The van der Waals surface area contributed by atoms with E-state index in [4.69, 9.17) is 23.2 Å². The SMILES string of the molecule is FC(F)Oc1ccc(-c2c(Cl)cccc2Cl)nc1. The molecule has 1 heterocycles. The lowest BCUT2D eigenvalue weighted by Gasteiger charge is -2.07. The first kappa shape index (κ1) is 13.1. The van der Waals surface area contributed by atoms with Crippen LogP contribution < -0.4 is 4.74 Å². The Morgan fingerprint density at radius 1 is 1.06 bits per heavy atom. The van der Waals surface area contributed by atoms with E-state index in [0.29, 0.717) is 21.3 Å². The van der Waals surface area contributed by atoms with E-state index in [1.807, 2.05) is 0 Å². The Balaban J connectivity index is 2.35. The van der Waals surface area contributed by atoms with Crippen molar-refractivity contribution in [1.82, 2.24) is 4.98 Å². The molecule has 2 rings (SSSR count). The highest BCUT2D eigenvalue weighted by molar-refractivity contribution is 6.39. The summed E-state index contributed by atoms with van der Waals surface area (Å²) in [7, 11) is 0. The molecule has 0 unspecified atom stereocenters. The lowest BCUT2D eigenvalue weighted by Crippen LogP contribution is -2.02. The van der Waals surface area contributed by atoms with Crippen molar-refractivity contribution in [3.05, 3.63) is 46.6 Å².